The van der Waals surface area contributed by atoms with Crippen molar-refractivity contribution in [1.29, 1.82) is 0 Å². The first-order valence-electron chi connectivity index (χ1n) is 6.06. The molecule has 1 unspecified atom stereocenters. The van der Waals surface area contributed by atoms with E-state index in [1.54, 1.807) is 0 Å². The molecule has 1 aliphatic heterocycles. The van der Waals surface area contributed by atoms with Crippen molar-refractivity contribution in [1.82, 2.24) is 9.97 Å². The summed E-state index contributed by atoms with van der Waals surface area (Å²) in [4.78, 5) is 20.0. The molecule has 1 N–H and O–H groups in total. The van der Waals surface area contributed by atoms with Crippen molar-refractivity contribution in [3.63, 3.8) is 0 Å². The zero-order valence-electron chi connectivity index (χ0n) is 10.0. The van der Waals surface area contributed by atoms with Gasteiger partial charge in [-0.25, -0.2) is 9.97 Å². The summed E-state index contributed by atoms with van der Waals surface area (Å²) < 4.78 is 0. The van der Waals surface area contributed by atoms with Gasteiger partial charge in [-0.3, -0.25) is 10.1 Å². The minimum absolute atomic E-state index is 0.00829. The molecular formula is C11H16N4O3. The highest BCUT2D eigenvalue weighted by atomic mass is 16.6. The van der Waals surface area contributed by atoms with Gasteiger partial charge in [-0.1, -0.05) is 12.8 Å². The molecule has 98 valence electrons. The average molecular weight is 252 g/mol. The summed E-state index contributed by atoms with van der Waals surface area (Å²) >= 11 is 0. The monoisotopic (exact) mass is 252 g/mol. The van der Waals surface area contributed by atoms with Crippen molar-refractivity contribution in [2.75, 3.05) is 18.1 Å². The van der Waals surface area contributed by atoms with Gasteiger partial charge in [0.15, 0.2) is 0 Å². The van der Waals surface area contributed by atoms with Crippen molar-refractivity contribution in [3.05, 3.63) is 22.5 Å². The second kappa shape index (κ2) is 5.72. The van der Waals surface area contributed by atoms with Gasteiger partial charge >= 0.3 is 5.69 Å². The molecule has 7 heteroatoms. The number of nitro groups is 1. The van der Waals surface area contributed by atoms with E-state index in [1.807, 2.05) is 4.90 Å². The van der Waals surface area contributed by atoms with Crippen LogP contribution in [-0.4, -0.2) is 39.2 Å². The molecule has 0 saturated carbocycles. The fourth-order valence-electron chi connectivity index (χ4n) is 2.19. The molecule has 1 aliphatic rings. The molecule has 2 heterocycles. The van der Waals surface area contributed by atoms with Crippen LogP contribution in [0.5, 0.6) is 0 Å². The van der Waals surface area contributed by atoms with Crippen molar-refractivity contribution in [2.45, 2.75) is 31.7 Å². The molecule has 0 radical (unpaired) electrons. The Morgan fingerprint density at radius 3 is 2.72 bits per heavy atom. The van der Waals surface area contributed by atoms with Gasteiger partial charge in [0, 0.05) is 6.54 Å². The number of hydrogen-bond acceptors (Lipinski definition) is 6. The summed E-state index contributed by atoms with van der Waals surface area (Å²) in [7, 11) is 0. The van der Waals surface area contributed by atoms with Gasteiger partial charge in [0.2, 0.25) is 5.95 Å². The Morgan fingerprint density at radius 1 is 1.39 bits per heavy atom. The van der Waals surface area contributed by atoms with Crippen LogP contribution in [0, 0.1) is 10.1 Å². The smallest absolute Gasteiger partial charge is 0.305 e. The lowest BCUT2D eigenvalue weighted by atomic mass is 10.1. The van der Waals surface area contributed by atoms with Gasteiger partial charge in [0.1, 0.15) is 12.4 Å². The molecule has 1 aromatic heterocycles. The SMILES string of the molecule is O=[N+]([O-])c1cnc(N2CCCCCC2CO)nc1. The number of aliphatic hydroxyl groups excluding tert-OH is 1. The number of nitrogens with zero attached hydrogens (tertiary/aromatic N) is 4. The predicted molar refractivity (Wildman–Crippen MR) is 65.4 cm³/mol. The van der Waals surface area contributed by atoms with Gasteiger partial charge in [0.25, 0.3) is 0 Å². The van der Waals surface area contributed by atoms with Gasteiger partial charge in [-0.2, -0.15) is 0 Å². The maximum atomic E-state index is 10.5. The van der Waals surface area contributed by atoms with Gasteiger partial charge in [-0.05, 0) is 12.8 Å². The number of anilines is 1. The summed E-state index contributed by atoms with van der Waals surface area (Å²) in [6.45, 7) is 0.837. The molecule has 7 nitrogen and oxygen atoms in total. The van der Waals surface area contributed by atoms with E-state index in [0.717, 1.165) is 32.2 Å². The Balaban J connectivity index is 2.19. The van der Waals surface area contributed by atoms with Crippen LogP contribution in [0.2, 0.25) is 0 Å². The number of aromatic nitrogens is 2. The first-order chi connectivity index (χ1) is 8.72. The van der Waals surface area contributed by atoms with Crippen LogP contribution in [0.15, 0.2) is 12.4 Å². The van der Waals surface area contributed by atoms with E-state index < -0.39 is 4.92 Å². The molecule has 18 heavy (non-hydrogen) atoms. The first-order valence-corrected chi connectivity index (χ1v) is 6.06. The van der Waals surface area contributed by atoms with Crippen molar-refractivity contribution in [2.24, 2.45) is 0 Å². The van der Waals surface area contributed by atoms with Crippen LogP contribution >= 0.6 is 0 Å². The maximum Gasteiger partial charge on any atom is 0.305 e. The highest BCUT2D eigenvalue weighted by Gasteiger charge is 2.23. The van der Waals surface area contributed by atoms with E-state index in [2.05, 4.69) is 9.97 Å². The van der Waals surface area contributed by atoms with Crippen LogP contribution < -0.4 is 4.90 Å². The lowest BCUT2D eigenvalue weighted by Gasteiger charge is -2.28. The van der Waals surface area contributed by atoms with Crippen LogP contribution in [0.3, 0.4) is 0 Å². The van der Waals surface area contributed by atoms with E-state index in [9.17, 15) is 15.2 Å². The molecule has 0 amide bonds. The van der Waals surface area contributed by atoms with E-state index in [-0.39, 0.29) is 18.3 Å². The highest BCUT2D eigenvalue weighted by molar-refractivity contribution is 5.35. The molecule has 1 saturated heterocycles. The summed E-state index contributed by atoms with van der Waals surface area (Å²) in [5.41, 5.74) is -0.117. The lowest BCUT2D eigenvalue weighted by molar-refractivity contribution is -0.385. The third-order valence-corrected chi connectivity index (χ3v) is 3.18. The summed E-state index contributed by atoms with van der Waals surface area (Å²) in [6.07, 6.45) is 6.55. The van der Waals surface area contributed by atoms with E-state index >= 15 is 0 Å². The largest absolute Gasteiger partial charge is 0.394 e. The van der Waals surface area contributed by atoms with Crippen LogP contribution in [-0.2, 0) is 0 Å². The normalized spacial score (nSPS) is 20.5. The molecule has 1 aromatic rings. The molecule has 0 bridgehead atoms. The first kappa shape index (κ1) is 12.7. The summed E-state index contributed by atoms with van der Waals surface area (Å²) in [6, 6.07) is 0.00829. The minimum Gasteiger partial charge on any atom is -0.394 e. The molecule has 0 spiro atoms. The topological polar surface area (TPSA) is 92.4 Å². The average Bonchev–Trinajstić information content (AvgIpc) is 2.63. The van der Waals surface area contributed by atoms with Crippen LogP contribution in [0.1, 0.15) is 25.7 Å². The van der Waals surface area contributed by atoms with Crippen molar-refractivity contribution < 1.29 is 10.0 Å². The molecule has 2 rings (SSSR count). The molecule has 1 fully saturated rings. The Hall–Kier alpha value is -1.76. The van der Waals surface area contributed by atoms with Crippen LogP contribution in [0.4, 0.5) is 11.6 Å². The maximum absolute atomic E-state index is 10.5. The molecular weight excluding hydrogens is 236 g/mol. The molecule has 0 aliphatic carbocycles. The minimum atomic E-state index is -0.518. The lowest BCUT2D eigenvalue weighted by Crippen LogP contribution is -2.38. The van der Waals surface area contributed by atoms with Crippen molar-refractivity contribution in [3.8, 4) is 0 Å². The fourth-order valence-corrected chi connectivity index (χ4v) is 2.19. The number of aliphatic hydroxyl groups is 1. The van der Waals surface area contributed by atoms with Gasteiger partial charge in [0.05, 0.1) is 17.6 Å². The predicted octanol–water partition coefficient (Wildman–Crippen LogP) is 1.13. The van der Waals surface area contributed by atoms with Crippen LogP contribution in [0.25, 0.3) is 0 Å². The van der Waals surface area contributed by atoms with Gasteiger partial charge in [-0.15, -0.1) is 0 Å². The summed E-state index contributed by atoms with van der Waals surface area (Å²) in [5.74, 6) is 0.460. The standard InChI is InChI=1S/C11H16N4O3/c16-8-9-4-2-1-3-5-14(9)11-12-6-10(7-13-11)15(17)18/h6-7,9,16H,1-5,8H2. The number of rotatable bonds is 3. The van der Waals surface area contributed by atoms with E-state index in [0.29, 0.717) is 5.95 Å². The van der Waals surface area contributed by atoms with Gasteiger partial charge < -0.3 is 10.0 Å². The van der Waals surface area contributed by atoms with Crippen molar-refractivity contribution >= 4 is 11.6 Å². The van der Waals surface area contributed by atoms with E-state index in [1.165, 1.54) is 12.4 Å². The number of hydrogen-bond donors (Lipinski definition) is 1. The van der Waals surface area contributed by atoms with E-state index in [4.69, 9.17) is 0 Å². The Bertz CT molecular complexity index is 409. The Labute approximate surface area is 105 Å². The third-order valence-electron chi connectivity index (χ3n) is 3.18. The quantitative estimate of drug-likeness (QED) is 0.640. The molecule has 1 atom stereocenters. The fraction of sp³-hybridized carbons (Fsp3) is 0.636. The second-order valence-electron chi connectivity index (χ2n) is 4.38. The zero-order chi connectivity index (χ0) is 13.0. The third kappa shape index (κ3) is 2.73. The molecule has 0 aromatic carbocycles. The Morgan fingerprint density at radius 2 is 2.11 bits per heavy atom. The summed E-state index contributed by atoms with van der Waals surface area (Å²) in [5, 5.41) is 19.9. The Kier molecular flexibility index (Phi) is 4.03. The second-order valence-corrected chi connectivity index (χ2v) is 4.38. The highest BCUT2D eigenvalue weighted by Crippen LogP contribution is 2.21. The zero-order valence-corrected chi connectivity index (χ0v) is 10.0.